The van der Waals surface area contributed by atoms with Crippen LogP contribution in [0.4, 0.5) is 0 Å². The van der Waals surface area contributed by atoms with Crippen LogP contribution in [0.25, 0.3) is 0 Å². The monoisotopic (exact) mass is 317 g/mol. The maximum Gasteiger partial charge on any atom is 0.251 e. The summed E-state index contributed by atoms with van der Waals surface area (Å²) >= 11 is 0. The number of hydrogen-bond donors (Lipinski definition) is 2. The second-order valence-corrected chi connectivity index (χ2v) is 7.83. The Hall–Kier alpha value is -1.81. The first-order valence-electron chi connectivity index (χ1n) is 8.22. The van der Waals surface area contributed by atoms with Crippen molar-refractivity contribution in [2.45, 2.75) is 57.7 Å². The molecule has 1 amide bonds. The van der Waals surface area contributed by atoms with E-state index in [0.717, 1.165) is 12.8 Å². The number of ether oxygens (including phenoxy) is 1. The normalized spacial score (nSPS) is 19.8. The molecule has 23 heavy (non-hydrogen) atoms. The van der Waals surface area contributed by atoms with Crippen molar-refractivity contribution in [2.75, 3.05) is 6.61 Å². The Morgan fingerprint density at radius 2 is 2.00 bits per heavy atom. The lowest BCUT2D eigenvalue weighted by atomic mass is 9.79. The van der Waals surface area contributed by atoms with Crippen molar-refractivity contribution in [1.82, 2.24) is 5.32 Å². The minimum atomic E-state index is -0.0347. The van der Waals surface area contributed by atoms with E-state index in [-0.39, 0.29) is 23.0 Å². The molecule has 1 aliphatic rings. The second kappa shape index (κ2) is 6.75. The van der Waals surface area contributed by atoms with Crippen molar-refractivity contribution in [3.63, 3.8) is 0 Å². The zero-order valence-electron chi connectivity index (χ0n) is 14.7. The lowest BCUT2D eigenvalue weighted by molar-refractivity contribution is -0.787. The summed E-state index contributed by atoms with van der Waals surface area (Å²) in [5.41, 5.74) is 0.903. The second-order valence-electron chi connectivity index (χ2n) is 7.83. The molecule has 1 fully saturated rings. The number of nitrogens with one attached hydrogen (secondary N) is 1. The highest BCUT2D eigenvalue weighted by molar-refractivity contribution is 5.94. The van der Waals surface area contributed by atoms with Crippen LogP contribution in [0.2, 0.25) is 0 Å². The molecule has 1 heterocycles. The third kappa shape index (κ3) is 5.10. The first-order chi connectivity index (χ1) is 10.7. The molecule has 0 aromatic heterocycles. The molecule has 0 unspecified atom stereocenters. The Morgan fingerprint density at radius 1 is 1.35 bits per heavy atom. The number of carbonyl (C=O) groups is 1. The fourth-order valence-corrected chi connectivity index (χ4v) is 3.77. The molecule has 1 aromatic carbocycles. The van der Waals surface area contributed by atoms with E-state index in [9.17, 15) is 4.79 Å². The Labute approximate surface area is 139 Å². The smallest absolute Gasteiger partial charge is 0.251 e. The summed E-state index contributed by atoms with van der Waals surface area (Å²) in [5.74, 6) is 0.655. The molecule has 0 aliphatic carbocycles. The van der Waals surface area contributed by atoms with Gasteiger partial charge in [-0.05, 0) is 45.9 Å². The Balaban J connectivity index is 2.05. The predicted molar refractivity (Wildman–Crippen MR) is 92.7 cm³/mol. The number of nitrogens with two attached hydrogens (primary N) is 1. The minimum absolute atomic E-state index is 0.0347. The molecular formula is C19H29N2O2+. The quantitative estimate of drug-likeness (QED) is 0.819. The molecule has 126 valence electrons. The maximum atomic E-state index is 12.6. The van der Waals surface area contributed by atoms with Gasteiger partial charge in [-0.3, -0.25) is 4.79 Å². The van der Waals surface area contributed by atoms with Crippen LogP contribution in [-0.4, -0.2) is 29.6 Å². The highest BCUT2D eigenvalue weighted by Gasteiger charge is 2.42. The van der Waals surface area contributed by atoms with Gasteiger partial charge in [-0.15, -0.1) is 0 Å². The van der Waals surface area contributed by atoms with Gasteiger partial charge in [0.25, 0.3) is 5.91 Å². The molecule has 0 atom stereocenters. The maximum absolute atomic E-state index is 12.6. The zero-order valence-corrected chi connectivity index (χ0v) is 14.7. The van der Waals surface area contributed by atoms with Crippen LogP contribution in [-0.2, 0) is 0 Å². The number of hydrogen-bond acceptors (Lipinski definition) is 2. The molecule has 1 aliphatic heterocycles. The summed E-state index contributed by atoms with van der Waals surface area (Å²) in [6, 6.07) is 7.49. The fourth-order valence-electron chi connectivity index (χ4n) is 3.77. The molecule has 4 heteroatoms. The number of rotatable bonds is 5. The van der Waals surface area contributed by atoms with Crippen LogP contribution in [0.1, 0.15) is 50.9 Å². The van der Waals surface area contributed by atoms with Crippen LogP contribution in [0.3, 0.4) is 0 Å². The highest BCUT2D eigenvalue weighted by atomic mass is 16.5. The van der Waals surface area contributed by atoms with Gasteiger partial charge in [-0.2, -0.15) is 0 Å². The largest absolute Gasteiger partial charge is 0.490 e. The van der Waals surface area contributed by atoms with Crippen LogP contribution in [0, 0.1) is 0 Å². The molecule has 1 aromatic rings. The Kier molecular flexibility index (Phi) is 5.15. The van der Waals surface area contributed by atoms with Crippen molar-refractivity contribution < 1.29 is 14.8 Å². The highest BCUT2D eigenvalue weighted by Crippen LogP contribution is 2.22. The summed E-state index contributed by atoms with van der Waals surface area (Å²) < 4.78 is 5.50. The van der Waals surface area contributed by atoms with Gasteiger partial charge in [0.1, 0.15) is 12.4 Å². The van der Waals surface area contributed by atoms with Gasteiger partial charge in [-0.25, -0.2) is 0 Å². The lowest BCUT2D eigenvalue weighted by Gasteiger charge is -2.43. The molecule has 0 spiro atoms. The summed E-state index contributed by atoms with van der Waals surface area (Å²) in [6.07, 6.45) is 3.62. The van der Waals surface area contributed by atoms with Crippen molar-refractivity contribution in [2.24, 2.45) is 0 Å². The van der Waals surface area contributed by atoms with E-state index in [2.05, 4.69) is 44.9 Å². The van der Waals surface area contributed by atoms with Gasteiger partial charge in [0, 0.05) is 24.4 Å². The van der Waals surface area contributed by atoms with Crippen molar-refractivity contribution in [1.29, 1.82) is 0 Å². The van der Waals surface area contributed by atoms with E-state index in [1.54, 1.807) is 12.1 Å². The number of carbonyl (C=O) groups excluding carboxylic acids is 1. The molecule has 1 saturated heterocycles. The minimum Gasteiger partial charge on any atom is -0.490 e. The molecule has 0 bridgehead atoms. The third-order valence-corrected chi connectivity index (χ3v) is 4.13. The summed E-state index contributed by atoms with van der Waals surface area (Å²) in [6.45, 7) is 13.0. The van der Waals surface area contributed by atoms with Gasteiger partial charge in [0.2, 0.25) is 0 Å². The summed E-state index contributed by atoms with van der Waals surface area (Å²) in [7, 11) is 0. The van der Waals surface area contributed by atoms with Gasteiger partial charge in [-0.1, -0.05) is 18.7 Å². The number of benzene rings is 1. The number of quaternary nitrogens is 1. The van der Waals surface area contributed by atoms with Crippen LogP contribution in [0.15, 0.2) is 36.9 Å². The van der Waals surface area contributed by atoms with E-state index in [4.69, 9.17) is 4.74 Å². The number of piperidine rings is 1. The average Bonchev–Trinajstić information content (AvgIpc) is 2.42. The molecule has 4 nitrogen and oxygen atoms in total. The first kappa shape index (κ1) is 17.5. The number of amides is 1. The summed E-state index contributed by atoms with van der Waals surface area (Å²) in [5, 5.41) is 5.60. The van der Waals surface area contributed by atoms with Gasteiger partial charge in [0.15, 0.2) is 0 Å². The Bertz CT molecular complexity index is 562. The van der Waals surface area contributed by atoms with Gasteiger partial charge in [0.05, 0.1) is 11.1 Å². The van der Waals surface area contributed by atoms with E-state index >= 15 is 0 Å². The van der Waals surface area contributed by atoms with Crippen LogP contribution in [0.5, 0.6) is 5.75 Å². The van der Waals surface area contributed by atoms with Crippen molar-refractivity contribution >= 4 is 5.91 Å². The standard InChI is InChI=1S/C19H28N2O2/c1-6-10-23-16-9-7-8-14(11-16)17(22)20-15-12-18(2,3)21-19(4,5)13-15/h6-9,11,15,21H,1,10,12-13H2,2-5H3,(H,20,22)/p+1. The average molecular weight is 317 g/mol. The van der Waals surface area contributed by atoms with Crippen molar-refractivity contribution in [3.8, 4) is 5.75 Å². The Morgan fingerprint density at radius 3 is 2.61 bits per heavy atom. The fraction of sp³-hybridized carbons (Fsp3) is 0.526. The summed E-state index contributed by atoms with van der Waals surface area (Å²) in [4.78, 5) is 12.6. The first-order valence-corrected chi connectivity index (χ1v) is 8.22. The molecule has 0 saturated carbocycles. The van der Waals surface area contributed by atoms with Gasteiger partial charge >= 0.3 is 0 Å². The predicted octanol–water partition coefficient (Wildman–Crippen LogP) is 2.26. The van der Waals surface area contributed by atoms with E-state index < -0.39 is 0 Å². The van der Waals surface area contributed by atoms with E-state index in [1.807, 2.05) is 18.2 Å². The molecule has 3 N–H and O–H groups in total. The lowest BCUT2D eigenvalue weighted by Crippen LogP contribution is -3.06. The third-order valence-electron chi connectivity index (χ3n) is 4.13. The van der Waals surface area contributed by atoms with Crippen LogP contribution < -0.4 is 15.4 Å². The topological polar surface area (TPSA) is 54.9 Å². The van der Waals surface area contributed by atoms with Crippen LogP contribution >= 0.6 is 0 Å². The SMILES string of the molecule is C=CCOc1cccc(C(=O)NC2CC(C)(C)[NH2+]C(C)(C)C2)c1. The van der Waals surface area contributed by atoms with E-state index in [1.165, 1.54) is 0 Å². The molecular weight excluding hydrogens is 288 g/mol. The molecule has 2 rings (SSSR count). The zero-order chi connectivity index (χ0) is 17.1. The van der Waals surface area contributed by atoms with Crippen molar-refractivity contribution in [3.05, 3.63) is 42.5 Å². The van der Waals surface area contributed by atoms with Gasteiger partial charge < -0.3 is 15.4 Å². The van der Waals surface area contributed by atoms with E-state index in [0.29, 0.717) is 17.9 Å². The molecule has 0 radical (unpaired) electrons.